The summed E-state index contributed by atoms with van der Waals surface area (Å²) < 4.78 is 0. The number of hydrogen-bond donors (Lipinski definition) is 3. The molecule has 2 atom stereocenters. The molecule has 0 aliphatic carbocycles. The van der Waals surface area contributed by atoms with Gasteiger partial charge in [-0.15, -0.1) is 0 Å². The van der Waals surface area contributed by atoms with Crippen LogP contribution in [0.3, 0.4) is 0 Å². The summed E-state index contributed by atoms with van der Waals surface area (Å²) in [6.07, 6.45) is 3.03. The van der Waals surface area contributed by atoms with Crippen LogP contribution in [0.5, 0.6) is 0 Å². The van der Waals surface area contributed by atoms with Gasteiger partial charge in [-0.05, 0) is 18.8 Å². The van der Waals surface area contributed by atoms with Crippen LogP contribution >= 0.6 is 0 Å². The predicted molar refractivity (Wildman–Crippen MR) is 62.8 cm³/mol. The average Bonchev–Trinajstić information content (AvgIpc) is 2.23. The largest absolute Gasteiger partial charge is 0.481 e. The molecule has 0 bridgehead atoms. The third-order valence-corrected chi connectivity index (χ3v) is 3.12. The number of rotatable bonds is 9. The van der Waals surface area contributed by atoms with E-state index in [1.165, 1.54) is 0 Å². The van der Waals surface area contributed by atoms with Crippen molar-refractivity contribution in [3.05, 3.63) is 0 Å². The van der Waals surface area contributed by atoms with Crippen molar-refractivity contribution >= 4 is 11.9 Å². The van der Waals surface area contributed by atoms with E-state index < -0.39 is 29.9 Å². The van der Waals surface area contributed by atoms with Crippen molar-refractivity contribution in [2.24, 2.45) is 5.92 Å². The molecule has 5 nitrogen and oxygen atoms in total. The van der Waals surface area contributed by atoms with Gasteiger partial charge in [-0.1, -0.05) is 33.1 Å². The molecule has 0 saturated carbocycles. The fourth-order valence-corrected chi connectivity index (χ4v) is 2.05. The molecule has 0 spiro atoms. The summed E-state index contributed by atoms with van der Waals surface area (Å²) >= 11 is 0. The highest BCUT2D eigenvalue weighted by molar-refractivity contribution is 5.84. The third kappa shape index (κ3) is 4.73. The monoisotopic (exact) mass is 246 g/mol. The van der Waals surface area contributed by atoms with Crippen LogP contribution in [-0.4, -0.2) is 32.9 Å². The lowest BCUT2D eigenvalue weighted by Crippen LogP contribution is -2.47. The Morgan fingerprint density at radius 1 is 1.18 bits per heavy atom. The van der Waals surface area contributed by atoms with Crippen molar-refractivity contribution in [1.82, 2.24) is 0 Å². The first kappa shape index (κ1) is 15.9. The van der Waals surface area contributed by atoms with E-state index in [1.807, 2.05) is 6.92 Å². The molecule has 2 unspecified atom stereocenters. The number of aliphatic hydroxyl groups is 1. The molecule has 5 heteroatoms. The summed E-state index contributed by atoms with van der Waals surface area (Å²) in [5.41, 5.74) is -2.14. The van der Waals surface area contributed by atoms with Crippen molar-refractivity contribution in [2.45, 2.75) is 58.0 Å². The Balaban J connectivity index is 4.73. The smallest absolute Gasteiger partial charge is 0.336 e. The molecular weight excluding hydrogens is 224 g/mol. The SMILES string of the molecule is CCCCCC(CC)C(O)(CC(=O)O)C(=O)O. The van der Waals surface area contributed by atoms with Crippen LogP contribution in [0.15, 0.2) is 0 Å². The van der Waals surface area contributed by atoms with E-state index in [9.17, 15) is 14.7 Å². The van der Waals surface area contributed by atoms with Crippen molar-refractivity contribution in [2.75, 3.05) is 0 Å². The average molecular weight is 246 g/mol. The Morgan fingerprint density at radius 3 is 2.12 bits per heavy atom. The number of aliphatic carboxylic acids is 2. The van der Waals surface area contributed by atoms with E-state index >= 15 is 0 Å². The molecule has 0 aromatic rings. The second-order valence-corrected chi connectivity index (χ2v) is 4.40. The van der Waals surface area contributed by atoms with E-state index in [0.29, 0.717) is 12.8 Å². The zero-order valence-corrected chi connectivity index (χ0v) is 10.5. The number of carboxylic acid groups (broad SMARTS) is 2. The van der Waals surface area contributed by atoms with Gasteiger partial charge >= 0.3 is 11.9 Å². The summed E-state index contributed by atoms with van der Waals surface area (Å²) in [7, 11) is 0. The van der Waals surface area contributed by atoms with Gasteiger partial charge in [-0.2, -0.15) is 0 Å². The Kier molecular flexibility index (Phi) is 6.80. The third-order valence-electron chi connectivity index (χ3n) is 3.12. The molecule has 0 aromatic carbocycles. The lowest BCUT2D eigenvalue weighted by atomic mass is 9.79. The molecule has 17 heavy (non-hydrogen) atoms. The maximum atomic E-state index is 11.1. The molecule has 0 saturated heterocycles. The van der Waals surface area contributed by atoms with Gasteiger partial charge in [0, 0.05) is 0 Å². The fourth-order valence-electron chi connectivity index (χ4n) is 2.05. The lowest BCUT2D eigenvalue weighted by Gasteiger charge is -2.30. The van der Waals surface area contributed by atoms with E-state index in [0.717, 1.165) is 19.3 Å². The molecule has 0 rings (SSSR count). The van der Waals surface area contributed by atoms with Crippen molar-refractivity contribution < 1.29 is 24.9 Å². The number of hydrogen-bond acceptors (Lipinski definition) is 3. The second kappa shape index (κ2) is 7.27. The maximum absolute atomic E-state index is 11.1. The minimum Gasteiger partial charge on any atom is -0.481 e. The van der Waals surface area contributed by atoms with Crippen LogP contribution in [0.4, 0.5) is 0 Å². The van der Waals surface area contributed by atoms with E-state index in [2.05, 4.69) is 0 Å². The summed E-state index contributed by atoms with van der Waals surface area (Å²) in [6.45, 7) is 3.80. The quantitative estimate of drug-likeness (QED) is 0.540. The van der Waals surface area contributed by atoms with E-state index in [1.54, 1.807) is 6.92 Å². The van der Waals surface area contributed by atoms with Crippen LogP contribution in [0.2, 0.25) is 0 Å². The molecule has 0 aromatic heterocycles. The normalized spacial score (nSPS) is 16.2. The van der Waals surface area contributed by atoms with E-state index in [-0.39, 0.29) is 0 Å². The highest BCUT2D eigenvalue weighted by atomic mass is 16.4. The summed E-state index contributed by atoms with van der Waals surface area (Å²) in [4.78, 5) is 21.7. The molecule has 0 heterocycles. The number of unbranched alkanes of at least 4 members (excludes halogenated alkanes) is 2. The molecule has 0 aliphatic rings. The van der Waals surface area contributed by atoms with Crippen LogP contribution in [0.25, 0.3) is 0 Å². The van der Waals surface area contributed by atoms with Crippen LogP contribution in [0.1, 0.15) is 52.4 Å². The van der Waals surface area contributed by atoms with Gasteiger partial charge in [-0.3, -0.25) is 4.79 Å². The first-order chi connectivity index (χ1) is 7.88. The Labute approximate surface area is 101 Å². The zero-order chi connectivity index (χ0) is 13.5. The topological polar surface area (TPSA) is 94.8 Å². The minimum atomic E-state index is -2.14. The molecule has 0 aliphatic heterocycles. The molecule has 0 fully saturated rings. The highest BCUT2D eigenvalue weighted by Gasteiger charge is 2.44. The summed E-state index contributed by atoms with van der Waals surface area (Å²) in [5.74, 6) is -3.24. The first-order valence-electron chi connectivity index (χ1n) is 6.06. The minimum absolute atomic E-state index is 0.458. The Hall–Kier alpha value is -1.10. The summed E-state index contributed by atoms with van der Waals surface area (Å²) in [5, 5.41) is 27.8. The number of carboxylic acids is 2. The van der Waals surface area contributed by atoms with Crippen molar-refractivity contribution in [3.63, 3.8) is 0 Å². The van der Waals surface area contributed by atoms with E-state index in [4.69, 9.17) is 10.2 Å². The molecule has 0 radical (unpaired) electrons. The van der Waals surface area contributed by atoms with Gasteiger partial charge in [0.25, 0.3) is 0 Å². The predicted octanol–water partition coefficient (Wildman–Crippen LogP) is 1.88. The Morgan fingerprint density at radius 2 is 1.76 bits per heavy atom. The second-order valence-electron chi connectivity index (χ2n) is 4.40. The van der Waals surface area contributed by atoms with Crippen molar-refractivity contribution in [3.8, 4) is 0 Å². The van der Waals surface area contributed by atoms with Crippen LogP contribution in [0, 0.1) is 5.92 Å². The van der Waals surface area contributed by atoms with Gasteiger partial charge in [-0.25, -0.2) is 4.79 Å². The van der Waals surface area contributed by atoms with Gasteiger partial charge in [0.2, 0.25) is 0 Å². The fraction of sp³-hybridized carbons (Fsp3) is 0.833. The highest BCUT2D eigenvalue weighted by Crippen LogP contribution is 2.30. The van der Waals surface area contributed by atoms with Crippen LogP contribution in [-0.2, 0) is 9.59 Å². The van der Waals surface area contributed by atoms with Gasteiger partial charge in [0.05, 0.1) is 6.42 Å². The summed E-state index contributed by atoms with van der Waals surface area (Å²) in [6, 6.07) is 0. The van der Waals surface area contributed by atoms with Crippen LogP contribution < -0.4 is 0 Å². The van der Waals surface area contributed by atoms with Gasteiger partial charge < -0.3 is 15.3 Å². The Bertz CT molecular complexity index is 264. The molecule has 100 valence electrons. The lowest BCUT2D eigenvalue weighted by molar-refractivity contribution is -0.172. The maximum Gasteiger partial charge on any atom is 0.336 e. The number of carbonyl (C=O) groups is 2. The van der Waals surface area contributed by atoms with Gasteiger partial charge in [0.1, 0.15) is 0 Å². The first-order valence-corrected chi connectivity index (χ1v) is 6.06. The van der Waals surface area contributed by atoms with Crippen molar-refractivity contribution in [1.29, 1.82) is 0 Å². The standard InChI is InChI=1S/C12H22O5/c1-3-5-6-7-9(4-2)12(17,11(15)16)8-10(13)14/h9,17H,3-8H2,1-2H3,(H,13,14)(H,15,16). The molecule has 0 amide bonds. The zero-order valence-electron chi connectivity index (χ0n) is 10.5. The molecular formula is C12H22O5. The van der Waals surface area contributed by atoms with Gasteiger partial charge in [0.15, 0.2) is 5.60 Å². The molecule has 3 N–H and O–H groups in total.